The lowest BCUT2D eigenvalue weighted by atomic mass is 9.76. The van der Waals surface area contributed by atoms with Crippen LogP contribution >= 0.6 is 11.6 Å². The molecule has 196 valence electrons. The van der Waals surface area contributed by atoms with Crippen molar-refractivity contribution in [2.45, 2.75) is 50.3 Å². The highest BCUT2D eigenvalue weighted by Crippen LogP contribution is 2.39. The number of ether oxygens (including phenoxy) is 1. The standard InChI is InChI=1S/C26H31ClF2N2O4S/c1-19-13-22(5-6-24(19)27)35-18-26(17-25(32)30-9-3-2-4-10-30)7-11-31(12-8-26)36(33,34)23-15-20(28)14-21(29)16-23/h5-6,13-16H,2-4,7-12,17-18H2,1H3. The average Bonchev–Trinajstić information content (AvgIpc) is 2.85. The molecule has 2 fully saturated rings. The number of piperidine rings is 2. The summed E-state index contributed by atoms with van der Waals surface area (Å²) in [6.07, 6.45) is 4.10. The number of amides is 1. The lowest BCUT2D eigenvalue weighted by molar-refractivity contribution is -0.136. The van der Waals surface area contributed by atoms with Crippen molar-refractivity contribution in [3.8, 4) is 5.75 Å². The molecule has 0 N–H and O–H groups in total. The second-order valence-corrected chi connectivity index (χ2v) is 12.2. The second kappa shape index (κ2) is 11.0. The fraction of sp³-hybridized carbons (Fsp3) is 0.500. The Hall–Kier alpha value is -2.23. The van der Waals surface area contributed by atoms with Crippen molar-refractivity contribution in [1.29, 1.82) is 0 Å². The van der Waals surface area contributed by atoms with E-state index >= 15 is 0 Å². The van der Waals surface area contributed by atoms with Crippen molar-refractivity contribution >= 4 is 27.5 Å². The first-order valence-corrected chi connectivity index (χ1v) is 14.0. The van der Waals surface area contributed by atoms with Crippen LogP contribution in [0.2, 0.25) is 5.02 Å². The van der Waals surface area contributed by atoms with Gasteiger partial charge in [-0.15, -0.1) is 0 Å². The van der Waals surface area contributed by atoms with E-state index < -0.39 is 32.0 Å². The van der Waals surface area contributed by atoms with Gasteiger partial charge in [-0.3, -0.25) is 4.79 Å². The van der Waals surface area contributed by atoms with E-state index in [4.69, 9.17) is 16.3 Å². The third-order valence-electron chi connectivity index (χ3n) is 7.17. The first-order valence-electron chi connectivity index (χ1n) is 12.2. The van der Waals surface area contributed by atoms with Crippen LogP contribution in [0.25, 0.3) is 0 Å². The van der Waals surface area contributed by atoms with E-state index in [1.54, 1.807) is 12.1 Å². The SMILES string of the molecule is Cc1cc(OCC2(CC(=O)N3CCCCC3)CCN(S(=O)(=O)c3cc(F)cc(F)c3)CC2)ccc1Cl. The van der Waals surface area contributed by atoms with E-state index in [0.29, 0.717) is 29.7 Å². The summed E-state index contributed by atoms with van der Waals surface area (Å²) >= 11 is 6.13. The number of hydrogen-bond donors (Lipinski definition) is 0. The number of likely N-dealkylation sites (tertiary alicyclic amines) is 1. The molecule has 2 heterocycles. The predicted octanol–water partition coefficient (Wildman–Crippen LogP) is 5.18. The van der Waals surface area contributed by atoms with Crippen LogP contribution in [0.1, 0.15) is 44.1 Å². The van der Waals surface area contributed by atoms with Crippen molar-refractivity contribution in [2.24, 2.45) is 5.41 Å². The van der Waals surface area contributed by atoms with Crippen molar-refractivity contribution in [3.63, 3.8) is 0 Å². The molecule has 1 amide bonds. The molecular weight excluding hydrogens is 510 g/mol. The van der Waals surface area contributed by atoms with E-state index in [9.17, 15) is 22.0 Å². The summed E-state index contributed by atoms with van der Waals surface area (Å²) < 4.78 is 60.9. The van der Waals surface area contributed by atoms with Gasteiger partial charge in [0.2, 0.25) is 15.9 Å². The van der Waals surface area contributed by atoms with E-state index in [0.717, 1.165) is 50.0 Å². The molecule has 0 bridgehead atoms. The van der Waals surface area contributed by atoms with Crippen LogP contribution in [-0.2, 0) is 14.8 Å². The molecule has 0 unspecified atom stereocenters. The van der Waals surface area contributed by atoms with Gasteiger partial charge in [-0.05, 0) is 74.9 Å². The van der Waals surface area contributed by atoms with Crippen molar-refractivity contribution in [3.05, 3.63) is 58.6 Å². The first-order chi connectivity index (χ1) is 17.1. The quantitative estimate of drug-likeness (QED) is 0.485. The Morgan fingerprint density at radius 3 is 2.25 bits per heavy atom. The molecule has 0 aromatic heterocycles. The summed E-state index contributed by atoms with van der Waals surface area (Å²) in [7, 11) is -4.08. The van der Waals surface area contributed by atoms with E-state index in [2.05, 4.69) is 0 Å². The third-order valence-corrected chi connectivity index (χ3v) is 9.47. The molecule has 0 aliphatic carbocycles. The largest absolute Gasteiger partial charge is 0.493 e. The van der Waals surface area contributed by atoms with Gasteiger partial charge in [-0.2, -0.15) is 4.31 Å². The molecule has 4 rings (SSSR count). The summed E-state index contributed by atoms with van der Waals surface area (Å²) in [6, 6.07) is 7.65. The monoisotopic (exact) mass is 540 g/mol. The number of aryl methyl sites for hydroxylation is 1. The van der Waals surface area contributed by atoms with Crippen LogP contribution in [0, 0.1) is 24.0 Å². The molecule has 36 heavy (non-hydrogen) atoms. The van der Waals surface area contributed by atoms with E-state index in [1.807, 2.05) is 17.9 Å². The lowest BCUT2D eigenvalue weighted by Gasteiger charge is -2.42. The summed E-state index contributed by atoms with van der Waals surface area (Å²) in [4.78, 5) is 14.7. The van der Waals surface area contributed by atoms with Crippen LogP contribution in [0.4, 0.5) is 8.78 Å². The molecule has 2 aromatic rings. The van der Waals surface area contributed by atoms with E-state index in [-0.39, 0.29) is 32.0 Å². The fourth-order valence-electron chi connectivity index (χ4n) is 4.92. The molecule has 0 atom stereocenters. The zero-order valence-electron chi connectivity index (χ0n) is 20.3. The maximum atomic E-state index is 13.7. The Kier molecular flexibility index (Phi) is 8.22. The average molecular weight is 541 g/mol. The molecule has 0 spiro atoms. The highest BCUT2D eigenvalue weighted by atomic mass is 35.5. The van der Waals surface area contributed by atoms with Gasteiger partial charge in [0.05, 0.1) is 11.5 Å². The highest BCUT2D eigenvalue weighted by Gasteiger charge is 2.42. The van der Waals surface area contributed by atoms with Gasteiger partial charge in [0.15, 0.2) is 0 Å². The van der Waals surface area contributed by atoms with Crippen LogP contribution in [0.15, 0.2) is 41.3 Å². The number of carbonyl (C=O) groups excluding carboxylic acids is 1. The Morgan fingerprint density at radius 1 is 1.00 bits per heavy atom. The molecule has 10 heteroatoms. The van der Waals surface area contributed by atoms with E-state index in [1.165, 1.54) is 4.31 Å². The summed E-state index contributed by atoms with van der Waals surface area (Å²) in [5.41, 5.74) is 0.303. The number of halogens is 3. The molecule has 2 aliphatic rings. The molecular formula is C26H31ClF2N2O4S. The number of rotatable bonds is 7. The number of sulfonamides is 1. The predicted molar refractivity (Wildman–Crippen MR) is 134 cm³/mol. The zero-order chi connectivity index (χ0) is 25.9. The Labute approximate surface area is 216 Å². The Balaban J connectivity index is 1.51. The van der Waals surface area contributed by atoms with Crippen LogP contribution in [0.5, 0.6) is 5.75 Å². The maximum absolute atomic E-state index is 13.7. The minimum Gasteiger partial charge on any atom is -0.493 e. The fourth-order valence-corrected chi connectivity index (χ4v) is 6.52. The normalized spacial score (nSPS) is 18.7. The third kappa shape index (κ3) is 6.18. The number of hydrogen-bond acceptors (Lipinski definition) is 4. The van der Waals surface area contributed by atoms with Crippen LogP contribution in [0.3, 0.4) is 0 Å². The Bertz CT molecular complexity index is 1190. The molecule has 2 aromatic carbocycles. The molecule has 0 radical (unpaired) electrons. The van der Waals surface area contributed by atoms with Crippen LogP contribution < -0.4 is 4.74 Å². The minimum absolute atomic E-state index is 0.0501. The first kappa shape index (κ1) is 26.8. The van der Waals surface area contributed by atoms with Gasteiger partial charge in [0.25, 0.3) is 0 Å². The summed E-state index contributed by atoms with van der Waals surface area (Å²) in [6.45, 7) is 3.84. The molecule has 0 saturated carbocycles. The zero-order valence-corrected chi connectivity index (χ0v) is 21.9. The van der Waals surface area contributed by atoms with Gasteiger partial charge in [0.1, 0.15) is 17.4 Å². The van der Waals surface area contributed by atoms with Gasteiger partial charge < -0.3 is 9.64 Å². The van der Waals surface area contributed by atoms with Crippen molar-refractivity contribution < 1.29 is 26.7 Å². The lowest BCUT2D eigenvalue weighted by Crippen LogP contribution is -2.48. The number of carbonyl (C=O) groups is 1. The summed E-state index contributed by atoms with van der Waals surface area (Å²) in [5.74, 6) is -1.21. The van der Waals surface area contributed by atoms with Gasteiger partial charge in [-0.25, -0.2) is 17.2 Å². The summed E-state index contributed by atoms with van der Waals surface area (Å²) in [5, 5.41) is 0.629. The Morgan fingerprint density at radius 2 is 1.64 bits per heavy atom. The topological polar surface area (TPSA) is 66.9 Å². The number of benzene rings is 2. The molecule has 2 aliphatic heterocycles. The van der Waals surface area contributed by atoms with Crippen molar-refractivity contribution in [1.82, 2.24) is 9.21 Å². The minimum atomic E-state index is -4.08. The maximum Gasteiger partial charge on any atom is 0.243 e. The van der Waals surface area contributed by atoms with Crippen molar-refractivity contribution in [2.75, 3.05) is 32.8 Å². The second-order valence-electron chi connectivity index (χ2n) is 9.83. The van der Waals surface area contributed by atoms with Gasteiger partial charge in [0, 0.05) is 49.1 Å². The smallest absolute Gasteiger partial charge is 0.243 e. The van der Waals surface area contributed by atoms with Gasteiger partial charge in [-0.1, -0.05) is 11.6 Å². The highest BCUT2D eigenvalue weighted by molar-refractivity contribution is 7.89. The number of nitrogens with zero attached hydrogens (tertiary/aromatic N) is 2. The van der Waals surface area contributed by atoms with Gasteiger partial charge >= 0.3 is 0 Å². The molecule has 2 saturated heterocycles. The molecule has 6 nitrogen and oxygen atoms in total. The van der Waals surface area contributed by atoms with Crippen LogP contribution in [-0.4, -0.2) is 56.3 Å².